The predicted octanol–water partition coefficient (Wildman–Crippen LogP) is 3.36. The van der Waals surface area contributed by atoms with E-state index in [1.54, 1.807) is 12.3 Å². The lowest BCUT2D eigenvalue weighted by molar-refractivity contribution is -0.154. The number of rotatable bonds is 6. The van der Waals surface area contributed by atoms with Crippen molar-refractivity contribution in [2.75, 3.05) is 6.61 Å². The molecule has 0 aliphatic heterocycles. The van der Waals surface area contributed by atoms with Crippen molar-refractivity contribution in [3.05, 3.63) is 59.9 Å². The summed E-state index contributed by atoms with van der Waals surface area (Å²) in [6.07, 6.45) is -1.09. The summed E-state index contributed by atoms with van der Waals surface area (Å²) < 4.78 is 41.1. The Labute approximate surface area is 147 Å². The Morgan fingerprint density at radius 3 is 2.85 bits per heavy atom. The van der Waals surface area contributed by atoms with Gasteiger partial charge in [0.1, 0.15) is 0 Å². The van der Waals surface area contributed by atoms with E-state index in [9.17, 15) is 18.0 Å². The van der Waals surface area contributed by atoms with Gasteiger partial charge in [0.2, 0.25) is 11.8 Å². The molecule has 0 saturated heterocycles. The number of benzene rings is 1. The van der Waals surface area contributed by atoms with Crippen molar-refractivity contribution in [2.45, 2.75) is 19.1 Å². The Morgan fingerprint density at radius 2 is 2.04 bits per heavy atom. The highest BCUT2D eigenvalue weighted by Gasteiger charge is 2.28. The van der Waals surface area contributed by atoms with Crippen molar-refractivity contribution in [3.8, 4) is 5.88 Å². The van der Waals surface area contributed by atoms with E-state index >= 15 is 0 Å². The topological polar surface area (TPSA) is 67.0 Å². The normalized spacial score (nSPS) is 11.5. The number of aromatic nitrogens is 2. The Bertz CT molecular complexity index is 906. The van der Waals surface area contributed by atoms with Gasteiger partial charge >= 0.3 is 6.18 Å². The van der Waals surface area contributed by atoms with Crippen molar-refractivity contribution >= 4 is 16.8 Å². The first-order valence-electron chi connectivity index (χ1n) is 7.87. The molecular weight excluding hydrogens is 347 g/mol. The standard InChI is InChI=1S/C18H16F3N3O2/c19-18(20,21)11-26-17-7-12(5-6-22-17)9-24-16(25)8-13-10-23-15-4-2-1-3-14(13)15/h1-7,10,23H,8-9,11H2,(H,24,25). The zero-order chi connectivity index (χ0) is 18.6. The SMILES string of the molecule is O=C(Cc1c[nH]c2ccccc12)NCc1ccnc(OCC(F)(F)F)c1. The summed E-state index contributed by atoms with van der Waals surface area (Å²) in [6, 6.07) is 10.6. The molecular formula is C18H16F3N3O2. The van der Waals surface area contributed by atoms with Crippen LogP contribution in [-0.2, 0) is 17.8 Å². The molecule has 0 unspecified atom stereocenters. The maximum absolute atomic E-state index is 12.2. The number of alkyl halides is 3. The fourth-order valence-corrected chi connectivity index (χ4v) is 2.51. The molecule has 0 fully saturated rings. The van der Waals surface area contributed by atoms with Crippen molar-refractivity contribution in [1.82, 2.24) is 15.3 Å². The van der Waals surface area contributed by atoms with E-state index in [-0.39, 0.29) is 24.8 Å². The summed E-state index contributed by atoms with van der Waals surface area (Å²) in [7, 11) is 0. The smallest absolute Gasteiger partial charge is 0.422 e. The first-order valence-corrected chi connectivity index (χ1v) is 7.87. The van der Waals surface area contributed by atoms with E-state index in [1.165, 1.54) is 12.3 Å². The molecule has 0 radical (unpaired) electrons. The number of hydrogen-bond acceptors (Lipinski definition) is 3. The van der Waals surface area contributed by atoms with Crippen molar-refractivity contribution in [1.29, 1.82) is 0 Å². The average Bonchev–Trinajstić information content (AvgIpc) is 3.01. The van der Waals surface area contributed by atoms with Crippen LogP contribution in [0.4, 0.5) is 13.2 Å². The molecule has 26 heavy (non-hydrogen) atoms. The molecule has 2 aromatic heterocycles. The van der Waals surface area contributed by atoms with E-state index in [0.717, 1.165) is 16.5 Å². The number of fused-ring (bicyclic) bond motifs is 1. The summed E-state index contributed by atoms with van der Waals surface area (Å²) in [6.45, 7) is -1.23. The molecule has 8 heteroatoms. The summed E-state index contributed by atoms with van der Waals surface area (Å²) in [5.74, 6) is -0.324. The first kappa shape index (κ1) is 17.8. The molecule has 0 spiro atoms. The number of hydrogen-bond donors (Lipinski definition) is 2. The van der Waals surface area contributed by atoms with Crippen LogP contribution in [0.15, 0.2) is 48.8 Å². The second kappa shape index (κ2) is 7.47. The van der Waals surface area contributed by atoms with Gasteiger partial charge in [-0.2, -0.15) is 13.2 Å². The molecule has 3 aromatic rings. The van der Waals surface area contributed by atoms with Gasteiger partial charge in [-0.3, -0.25) is 4.79 Å². The molecule has 0 aliphatic rings. The lowest BCUT2D eigenvalue weighted by Gasteiger charge is -2.10. The van der Waals surface area contributed by atoms with E-state index in [0.29, 0.717) is 5.56 Å². The van der Waals surface area contributed by atoms with Crippen LogP contribution in [0.2, 0.25) is 0 Å². The van der Waals surface area contributed by atoms with Crippen LogP contribution in [0.5, 0.6) is 5.88 Å². The third kappa shape index (κ3) is 4.75. The van der Waals surface area contributed by atoms with Crippen molar-refractivity contribution in [3.63, 3.8) is 0 Å². The second-order valence-electron chi connectivity index (χ2n) is 5.72. The summed E-state index contributed by atoms with van der Waals surface area (Å²) in [4.78, 5) is 19.0. The molecule has 5 nitrogen and oxygen atoms in total. The van der Waals surface area contributed by atoms with Crippen molar-refractivity contribution in [2.24, 2.45) is 0 Å². The third-order valence-electron chi connectivity index (χ3n) is 3.70. The lowest BCUT2D eigenvalue weighted by Crippen LogP contribution is -2.24. The summed E-state index contributed by atoms with van der Waals surface area (Å²) >= 11 is 0. The number of nitrogens with one attached hydrogen (secondary N) is 2. The van der Waals surface area contributed by atoms with Crippen LogP contribution in [0.25, 0.3) is 10.9 Å². The number of halogens is 3. The molecule has 2 N–H and O–H groups in total. The average molecular weight is 363 g/mol. The minimum atomic E-state index is -4.43. The number of nitrogens with zero attached hydrogens (tertiary/aromatic N) is 1. The van der Waals surface area contributed by atoms with Gasteiger partial charge in [0.05, 0.1) is 6.42 Å². The van der Waals surface area contributed by atoms with E-state index < -0.39 is 12.8 Å². The zero-order valence-corrected chi connectivity index (χ0v) is 13.6. The maximum Gasteiger partial charge on any atom is 0.422 e. The van der Waals surface area contributed by atoms with Crippen LogP contribution in [-0.4, -0.2) is 28.7 Å². The Morgan fingerprint density at radius 1 is 1.23 bits per heavy atom. The van der Waals surface area contributed by atoms with Crippen LogP contribution in [0.3, 0.4) is 0 Å². The molecule has 0 aliphatic carbocycles. The fourth-order valence-electron chi connectivity index (χ4n) is 2.51. The quantitative estimate of drug-likeness (QED) is 0.706. The summed E-state index contributed by atoms with van der Waals surface area (Å²) in [5, 5.41) is 3.72. The predicted molar refractivity (Wildman–Crippen MR) is 89.6 cm³/mol. The van der Waals surface area contributed by atoms with Crippen LogP contribution < -0.4 is 10.1 Å². The number of amides is 1. The fraction of sp³-hybridized carbons (Fsp3) is 0.222. The van der Waals surface area contributed by atoms with E-state index in [1.807, 2.05) is 24.3 Å². The highest BCUT2D eigenvalue weighted by atomic mass is 19.4. The first-order chi connectivity index (χ1) is 12.4. The molecule has 2 heterocycles. The Hall–Kier alpha value is -3.03. The zero-order valence-electron chi connectivity index (χ0n) is 13.6. The van der Waals surface area contributed by atoms with Gasteiger partial charge in [-0.15, -0.1) is 0 Å². The van der Waals surface area contributed by atoms with Crippen LogP contribution in [0, 0.1) is 0 Å². The maximum atomic E-state index is 12.2. The number of aromatic amines is 1. The largest absolute Gasteiger partial charge is 0.468 e. The molecule has 3 rings (SSSR count). The summed E-state index contributed by atoms with van der Waals surface area (Å²) in [5.41, 5.74) is 2.43. The minimum Gasteiger partial charge on any atom is -0.468 e. The Balaban J connectivity index is 1.56. The lowest BCUT2D eigenvalue weighted by atomic mass is 10.1. The monoisotopic (exact) mass is 363 g/mol. The van der Waals surface area contributed by atoms with Gasteiger partial charge in [0.25, 0.3) is 0 Å². The van der Waals surface area contributed by atoms with Crippen LogP contribution in [0.1, 0.15) is 11.1 Å². The van der Waals surface area contributed by atoms with Gasteiger partial charge in [-0.1, -0.05) is 18.2 Å². The number of para-hydroxylation sites is 1. The number of carbonyl (C=O) groups excluding carboxylic acids is 1. The molecule has 0 atom stereocenters. The number of carbonyl (C=O) groups is 1. The number of pyridine rings is 1. The Kier molecular flexibility index (Phi) is 5.11. The highest BCUT2D eigenvalue weighted by Crippen LogP contribution is 2.19. The van der Waals surface area contributed by atoms with Gasteiger partial charge in [0, 0.05) is 35.9 Å². The molecule has 1 amide bonds. The van der Waals surface area contributed by atoms with Gasteiger partial charge in [-0.25, -0.2) is 4.98 Å². The van der Waals surface area contributed by atoms with Gasteiger partial charge < -0.3 is 15.0 Å². The molecule has 0 bridgehead atoms. The second-order valence-corrected chi connectivity index (χ2v) is 5.72. The molecule has 0 saturated carbocycles. The van der Waals surface area contributed by atoms with Crippen LogP contribution >= 0.6 is 0 Å². The molecule has 1 aromatic carbocycles. The number of ether oxygens (including phenoxy) is 1. The number of H-pyrrole nitrogens is 1. The third-order valence-corrected chi connectivity index (χ3v) is 3.70. The highest BCUT2D eigenvalue weighted by molar-refractivity contribution is 5.88. The molecule has 136 valence electrons. The van der Waals surface area contributed by atoms with Gasteiger partial charge in [-0.05, 0) is 23.3 Å². The van der Waals surface area contributed by atoms with Crippen molar-refractivity contribution < 1.29 is 22.7 Å². The van der Waals surface area contributed by atoms with E-state index in [4.69, 9.17) is 0 Å². The van der Waals surface area contributed by atoms with Gasteiger partial charge in [0.15, 0.2) is 6.61 Å². The van der Waals surface area contributed by atoms with E-state index in [2.05, 4.69) is 20.0 Å². The minimum absolute atomic E-state index is 0.134.